The second-order valence-corrected chi connectivity index (χ2v) is 7.72. The van der Waals surface area contributed by atoms with Gasteiger partial charge in [-0.05, 0) is 42.5 Å². The van der Waals surface area contributed by atoms with Crippen molar-refractivity contribution in [1.29, 1.82) is 0 Å². The van der Waals surface area contributed by atoms with Crippen LogP contribution in [0.1, 0.15) is 51.1 Å². The van der Waals surface area contributed by atoms with Crippen LogP contribution in [0.2, 0.25) is 0 Å². The van der Waals surface area contributed by atoms with Gasteiger partial charge >= 0.3 is 0 Å². The topological polar surface area (TPSA) is 32.3 Å². The molecule has 1 aliphatic heterocycles. The Kier molecular flexibility index (Phi) is 3.87. The smallest absolute Gasteiger partial charge is 0.241 e. The van der Waals surface area contributed by atoms with Gasteiger partial charge in [-0.2, -0.15) is 0 Å². The van der Waals surface area contributed by atoms with E-state index in [1.165, 1.54) is 4.88 Å². The van der Waals surface area contributed by atoms with Crippen LogP contribution in [-0.2, 0) is 4.79 Å². The first-order chi connectivity index (χ1) is 9.56. The van der Waals surface area contributed by atoms with Crippen molar-refractivity contribution in [2.24, 2.45) is 11.8 Å². The van der Waals surface area contributed by atoms with Gasteiger partial charge < -0.3 is 4.90 Å². The molecular weight excluding hydrogens is 268 g/mol. The van der Waals surface area contributed by atoms with E-state index in [4.69, 9.17) is 0 Å². The summed E-state index contributed by atoms with van der Waals surface area (Å²) in [7, 11) is 0. The molecule has 1 aromatic heterocycles. The molecule has 0 radical (unpaired) electrons. The maximum absolute atomic E-state index is 12.8. The first-order valence-corrected chi connectivity index (χ1v) is 8.56. The highest BCUT2D eigenvalue weighted by molar-refractivity contribution is 7.10. The minimum Gasteiger partial charge on any atom is -0.318 e. The molecular formula is C16H24N2OS. The number of carbonyl (C=O) groups is 1. The Morgan fingerprint density at radius 3 is 2.75 bits per heavy atom. The number of rotatable bonds is 4. The van der Waals surface area contributed by atoms with Crippen LogP contribution in [0.5, 0.6) is 0 Å². The molecule has 0 spiro atoms. The van der Waals surface area contributed by atoms with Crippen molar-refractivity contribution in [2.45, 2.75) is 58.3 Å². The highest BCUT2D eigenvalue weighted by Gasteiger charge is 2.46. The van der Waals surface area contributed by atoms with E-state index in [0.717, 1.165) is 25.2 Å². The van der Waals surface area contributed by atoms with Crippen LogP contribution in [0.4, 0.5) is 0 Å². The molecule has 1 aromatic rings. The number of nitrogens with zero attached hydrogens (tertiary/aromatic N) is 1. The lowest BCUT2D eigenvalue weighted by atomic mass is 9.80. The largest absolute Gasteiger partial charge is 0.318 e. The summed E-state index contributed by atoms with van der Waals surface area (Å²) in [5, 5.41) is 5.67. The average Bonchev–Trinajstić information content (AvgIpc) is 2.95. The Hall–Kier alpha value is -0.870. The van der Waals surface area contributed by atoms with E-state index in [1.54, 1.807) is 11.3 Å². The van der Waals surface area contributed by atoms with Crippen molar-refractivity contribution in [3.8, 4) is 0 Å². The zero-order valence-corrected chi connectivity index (χ0v) is 13.3. The van der Waals surface area contributed by atoms with Crippen LogP contribution in [0.3, 0.4) is 0 Å². The van der Waals surface area contributed by atoms with Crippen molar-refractivity contribution in [3.05, 3.63) is 22.4 Å². The van der Waals surface area contributed by atoms with Crippen molar-refractivity contribution in [1.82, 2.24) is 10.2 Å². The molecule has 3 nitrogen and oxygen atoms in total. The fraction of sp³-hybridized carbons (Fsp3) is 0.688. The summed E-state index contributed by atoms with van der Waals surface area (Å²) in [5.41, 5.74) is 0. The SMILES string of the molecule is CC(C)CC1NC(c2cccs2)N(C2CC(C)C2)C1=O. The van der Waals surface area contributed by atoms with Crippen molar-refractivity contribution >= 4 is 17.2 Å². The van der Waals surface area contributed by atoms with E-state index in [9.17, 15) is 4.79 Å². The van der Waals surface area contributed by atoms with Crippen molar-refractivity contribution in [2.75, 3.05) is 0 Å². The van der Waals surface area contributed by atoms with Gasteiger partial charge in [0.05, 0.1) is 6.04 Å². The molecule has 0 aromatic carbocycles. The number of nitrogens with one attached hydrogen (secondary N) is 1. The Morgan fingerprint density at radius 2 is 2.20 bits per heavy atom. The molecule has 2 atom stereocenters. The Morgan fingerprint density at radius 1 is 1.45 bits per heavy atom. The van der Waals surface area contributed by atoms with Gasteiger partial charge in [0.2, 0.25) is 5.91 Å². The van der Waals surface area contributed by atoms with E-state index < -0.39 is 0 Å². The number of hydrogen-bond donors (Lipinski definition) is 1. The second-order valence-electron chi connectivity index (χ2n) is 6.74. The van der Waals surface area contributed by atoms with Crippen LogP contribution in [0.25, 0.3) is 0 Å². The van der Waals surface area contributed by atoms with Crippen LogP contribution in [0, 0.1) is 11.8 Å². The van der Waals surface area contributed by atoms with Crippen LogP contribution in [0.15, 0.2) is 17.5 Å². The summed E-state index contributed by atoms with van der Waals surface area (Å²) in [6, 6.07) is 4.65. The highest BCUT2D eigenvalue weighted by atomic mass is 32.1. The van der Waals surface area contributed by atoms with Gasteiger partial charge in [-0.25, -0.2) is 0 Å². The molecule has 2 unspecified atom stereocenters. The van der Waals surface area contributed by atoms with E-state index in [-0.39, 0.29) is 12.2 Å². The maximum atomic E-state index is 12.8. The molecule has 2 aliphatic rings. The van der Waals surface area contributed by atoms with E-state index >= 15 is 0 Å². The molecule has 2 fully saturated rings. The average molecular weight is 292 g/mol. The molecule has 1 amide bonds. The molecule has 1 saturated carbocycles. The molecule has 3 rings (SSSR count). The molecule has 0 bridgehead atoms. The zero-order chi connectivity index (χ0) is 14.3. The lowest BCUT2D eigenvalue weighted by molar-refractivity contribution is -0.135. The number of hydrogen-bond acceptors (Lipinski definition) is 3. The van der Waals surface area contributed by atoms with Gasteiger partial charge in [-0.1, -0.05) is 26.8 Å². The van der Waals surface area contributed by atoms with Gasteiger partial charge in [-0.3, -0.25) is 10.1 Å². The van der Waals surface area contributed by atoms with Crippen molar-refractivity contribution in [3.63, 3.8) is 0 Å². The Balaban J connectivity index is 1.81. The zero-order valence-electron chi connectivity index (χ0n) is 12.5. The van der Waals surface area contributed by atoms with E-state index in [1.807, 2.05) is 0 Å². The van der Waals surface area contributed by atoms with Gasteiger partial charge in [-0.15, -0.1) is 11.3 Å². The predicted molar refractivity (Wildman–Crippen MR) is 82.5 cm³/mol. The molecule has 1 saturated heterocycles. The lowest BCUT2D eigenvalue weighted by Gasteiger charge is -2.42. The minimum absolute atomic E-state index is 0.00185. The standard InChI is InChI=1S/C16H24N2OS/c1-10(2)7-13-16(19)18(12-8-11(3)9-12)15(17-13)14-5-4-6-20-14/h4-6,10-13,15,17H,7-9H2,1-3H3. The fourth-order valence-electron chi connectivity index (χ4n) is 3.43. The fourth-order valence-corrected chi connectivity index (χ4v) is 4.22. The van der Waals surface area contributed by atoms with E-state index in [2.05, 4.69) is 48.5 Å². The number of thiophene rings is 1. The molecule has 1 aliphatic carbocycles. The monoisotopic (exact) mass is 292 g/mol. The number of carbonyl (C=O) groups excluding carboxylic acids is 1. The summed E-state index contributed by atoms with van der Waals surface area (Å²) in [4.78, 5) is 16.2. The van der Waals surface area contributed by atoms with Gasteiger partial charge in [0.25, 0.3) is 0 Å². The van der Waals surface area contributed by atoms with E-state index in [0.29, 0.717) is 17.9 Å². The third-order valence-corrected chi connectivity index (χ3v) is 5.38. The third-order valence-electron chi connectivity index (χ3n) is 4.45. The molecule has 2 heterocycles. The summed E-state index contributed by atoms with van der Waals surface area (Å²) in [6.07, 6.45) is 3.34. The van der Waals surface area contributed by atoms with Crippen LogP contribution >= 0.6 is 11.3 Å². The van der Waals surface area contributed by atoms with Gasteiger partial charge in [0.15, 0.2) is 0 Å². The Labute approximate surface area is 125 Å². The summed E-state index contributed by atoms with van der Waals surface area (Å²) < 4.78 is 0. The summed E-state index contributed by atoms with van der Waals surface area (Å²) in [5.74, 6) is 1.62. The normalized spacial score (nSPS) is 33.8. The van der Waals surface area contributed by atoms with Crippen LogP contribution in [-0.4, -0.2) is 22.9 Å². The van der Waals surface area contributed by atoms with Crippen LogP contribution < -0.4 is 5.32 Å². The molecule has 4 heteroatoms. The molecule has 1 N–H and O–H groups in total. The third kappa shape index (κ3) is 2.51. The molecule has 110 valence electrons. The first-order valence-electron chi connectivity index (χ1n) is 7.68. The Bertz CT molecular complexity index is 465. The lowest BCUT2D eigenvalue weighted by Crippen LogP contribution is -2.47. The number of amides is 1. The van der Waals surface area contributed by atoms with Gasteiger partial charge in [0.1, 0.15) is 6.17 Å². The van der Waals surface area contributed by atoms with Crippen molar-refractivity contribution < 1.29 is 4.79 Å². The van der Waals surface area contributed by atoms with Gasteiger partial charge in [0, 0.05) is 10.9 Å². The molecule has 20 heavy (non-hydrogen) atoms. The second kappa shape index (κ2) is 5.49. The quantitative estimate of drug-likeness (QED) is 0.922. The maximum Gasteiger partial charge on any atom is 0.241 e. The predicted octanol–water partition coefficient (Wildman–Crippen LogP) is 3.39. The highest BCUT2D eigenvalue weighted by Crippen LogP contribution is 2.40. The minimum atomic E-state index is -0.00185. The summed E-state index contributed by atoms with van der Waals surface area (Å²) >= 11 is 1.74. The summed E-state index contributed by atoms with van der Waals surface area (Å²) in [6.45, 7) is 6.64. The first kappa shape index (κ1) is 14.1.